The highest BCUT2D eigenvalue weighted by Gasteiger charge is 2.33. The molecule has 4 nitrogen and oxygen atoms in total. The molecule has 2 aromatic heterocycles. The van der Waals surface area contributed by atoms with Crippen LogP contribution in [0.2, 0.25) is 0 Å². The van der Waals surface area contributed by atoms with Crippen molar-refractivity contribution < 1.29 is 9.53 Å². The van der Waals surface area contributed by atoms with Gasteiger partial charge in [-0.15, -0.1) is 11.8 Å². The van der Waals surface area contributed by atoms with Gasteiger partial charge in [-0.25, -0.2) is 4.98 Å². The summed E-state index contributed by atoms with van der Waals surface area (Å²) in [4.78, 5) is 21.6. The molecule has 1 aliphatic carbocycles. The molecule has 0 unspecified atom stereocenters. The van der Waals surface area contributed by atoms with E-state index in [2.05, 4.69) is 46.9 Å². The molecule has 1 fully saturated rings. The zero-order valence-electron chi connectivity index (χ0n) is 18.8. The fraction of sp³-hybridized carbons (Fsp3) is 0.259. The predicted molar refractivity (Wildman–Crippen MR) is 137 cm³/mol. The Morgan fingerprint density at radius 2 is 2.06 bits per heavy atom. The van der Waals surface area contributed by atoms with Crippen molar-refractivity contribution in [1.29, 1.82) is 0 Å². The Hall–Kier alpha value is -2.83. The average Bonchev–Trinajstić information content (AvgIpc) is 3.56. The molecule has 6 heteroatoms. The number of carbonyl (C=O) groups excluding carboxylic acids is 1. The first-order valence-corrected chi connectivity index (χ1v) is 13.2. The van der Waals surface area contributed by atoms with Gasteiger partial charge in [0.25, 0.3) is 0 Å². The van der Waals surface area contributed by atoms with Crippen LogP contribution >= 0.6 is 23.1 Å². The van der Waals surface area contributed by atoms with Crippen molar-refractivity contribution in [2.75, 3.05) is 13.4 Å². The first kappa shape index (κ1) is 22.0. The third-order valence-corrected chi connectivity index (χ3v) is 7.49. The van der Waals surface area contributed by atoms with Gasteiger partial charge in [0.2, 0.25) is 5.91 Å². The molecule has 0 radical (unpaired) electrons. The van der Waals surface area contributed by atoms with Gasteiger partial charge in [-0.2, -0.15) is 11.3 Å². The Balaban J connectivity index is 1.56. The lowest BCUT2D eigenvalue weighted by Gasteiger charge is -2.24. The van der Waals surface area contributed by atoms with Crippen molar-refractivity contribution in [2.24, 2.45) is 0 Å². The highest BCUT2D eigenvalue weighted by atomic mass is 32.2. The van der Waals surface area contributed by atoms with Crippen molar-refractivity contribution in [3.8, 4) is 17.0 Å². The summed E-state index contributed by atoms with van der Waals surface area (Å²) in [6, 6.07) is 19.0. The van der Waals surface area contributed by atoms with E-state index in [9.17, 15) is 4.79 Å². The van der Waals surface area contributed by atoms with Crippen LogP contribution in [0.25, 0.3) is 22.2 Å². The van der Waals surface area contributed by atoms with E-state index in [0.29, 0.717) is 19.0 Å². The maximum atomic E-state index is 13.3. The van der Waals surface area contributed by atoms with Gasteiger partial charge in [0.15, 0.2) is 0 Å². The summed E-state index contributed by atoms with van der Waals surface area (Å²) in [6.45, 7) is 0.563. The van der Waals surface area contributed by atoms with Gasteiger partial charge < -0.3 is 9.64 Å². The second-order valence-electron chi connectivity index (χ2n) is 8.35. The lowest BCUT2D eigenvalue weighted by atomic mass is 10.0. The third-order valence-electron chi connectivity index (χ3n) is 6.03. The number of thiophene rings is 1. The van der Waals surface area contributed by atoms with Crippen LogP contribution in [0, 0.1) is 0 Å². The van der Waals surface area contributed by atoms with Crippen LogP contribution in [0.5, 0.6) is 5.75 Å². The number of aromatic nitrogens is 1. The number of carbonyl (C=O) groups is 1. The zero-order valence-corrected chi connectivity index (χ0v) is 20.4. The lowest BCUT2D eigenvalue weighted by Crippen LogP contribution is -2.34. The summed E-state index contributed by atoms with van der Waals surface area (Å²) in [5, 5.41) is 5.18. The topological polar surface area (TPSA) is 42.4 Å². The Bertz CT molecular complexity index is 1280. The second kappa shape index (κ2) is 9.57. The summed E-state index contributed by atoms with van der Waals surface area (Å²) in [6.07, 6.45) is 4.67. The summed E-state index contributed by atoms with van der Waals surface area (Å²) >= 11 is 3.35. The number of rotatable bonds is 8. The summed E-state index contributed by atoms with van der Waals surface area (Å²) in [7, 11) is 1.68. The molecule has 33 heavy (non-hydrogen) atoms. The number of hydrogen-bond donors (Lipinski definition) is 0. The van der Waals surface area contributed by atoms with E-state index in [4.69, 9.17) is 9.72 Å². The molecule has 0 spiro atoms. The fourth-order valence-electron chi connectivity index (χ4n) is 4.12. The minimum Gasteiger partial charge on any atom is -0.497 e. The Morgan fingerprint density at radius 3 is 2.79 bits per heavy atom. The molecule has 0 N–H and O–H groups in total. The van der Waals surface area contributed by atoms with Crippen LogP contribution in [-0.4, -0.2) is 35.2 Å². The maximum Gasteiger partial charge on any atom is 0.227 e. The quantitative estimate of drug-likeness (QED) is 0.276. The molecule has 1 amide bonds. The van der Waals surface area contributed by atoms with Gasteiger partial charge in [-0.3, -0.25) is 4.79 Å². The fourth-order valence-corrected chi connectivity index (χ4v) is 5.22. The number of hydrogen-bond acceptors (Lipinski definition) is 5. The molecule has 4 aromatic rings. The van der Waals surface area contributed by atoms with Crippen LogP contribution in [0.4, 0.5) is 0 Å². The van der Waals surface area contributed by atoms with Gasteiger partial charge in [0.05, 0.1) is 24.7 Å². The van der Waals surface area contributed by atoms with Gasteiger partial charge in [0.1, 0.15) is 5.75 Å². The molecular formula is C27H26N2O2S2. The van der Waals surface area contributed by atoms with E-state index in [1.807, 2.05) is 29.6 Å². The molecule has 2 aromatic carbocycles. The van der Waals surface area contributed by atoms with E-state index < -0.39 is 0 Å². The molecule has 1 saturated carbocycles. The van der Waals surface area contributed by atoms with Crippen LogP contribution in [0.15, 0.2) is 70.3 Å². The average molecular weight is 475 g/mol. The third kappa shape index (κ3) is 4.92. The first-order chi connectivity index (χ1) is 16.1. The van der Waals surface area contributed by atoms with Crippen molar-refractivity contribution in [1.82, 2.24) is 9.88 Å². The van der Waals surface area contributed by atoms with E-state index >= 15 is 0 Å². The summed E-state index contributed by atoms with van der Waals surface area (Å²) in [5.74, 6) is 0.983. The van der Waals surface area contributed by atoms with E-state index in [-0.39, 0.29) is 5.91 Å². The van der Waals surface area contributed by atoms with Crippen molar-refractivity contribution in [2.45, 2.75) is 36.7 Å². The first-order valence-electron chi connectivity index (χ1n) is 11.1. The number of nitrogens with zero attached hydrogens (tertiary/aromatic N) is 2. The van der Waals surface area contributed by atoms with Crippen molar-refractivity contribution in [3.05, 3.63) is 76.5 Å². The highest BCUT2D eigenvalue weighted by Crippen LogP contribution is 2.34. The van der Waals surface area contributed by atoms with Crippen molar-refractivity contribution in [3.63, 3.8) is 0 Å². The second-order valence-corrected chi connectivity index (χ2v) is 10.0. The van der Waals surface area contributed by atoms with Gasteiger partial charge in [-0.1, -0.05) is 18.2 Å². The van der Waals surface area contributed by atoms with Crippen LogP contribution in [-0.2, 0) is 17.8 Å². The van der Waals surface area contributed by atoms with Crippen LogP contribution in [0.3, 0.4) is 0 Å². The number of ether oxygens (including phenoxy) is 1. The number of thioether (sulfide) groups is 1. The molecular weight excluding hydrogens is 448 g/mol. The molecule has 1 aliphatic rings. The van der Waals surface area contributed by atoms with Gasteiger partial charge in [-0.05, 0) is 77.4 Å². The highest BCUT2D eigenvalue weighted by molar-refractivity contribution is 7.98. The molecule has 0 atom stereocenters. The smallest absolute Gasteiger partial charge is 0.227 e. The number of benzene rings is 2. The van der Waals surface area contributed by atoms with Crippen LogP contribution < -0.4 is 4.74 Å². The molecule has 0 saturated heterocycles. The normalized spacial score (nSPS) is 13.3. The van der Waals surface area contributed by atoms with Crippen LogP contribution in [0.1, 0.15) is 24.0 Å². The Labute approximate surface area is 202 Å². The summed E-state index contributed by atoms with van der Waals surface area (Å²) < 4.78 is 5.47. The maximum absolute atomic E-state index is 13.3. The van der Waals surface area contributed by atoms with Gasteiger partial charge in [0, 0.05) is 28.4 Å². The zero-order chi connectivity index (χ0) is 22.8. The number of amides is 1. The lowest BCUT2D eigenvalue weighted by molar-refractivity contribution is -0.131. The Morgan fingerprint density at radius 1 is 1.18 bits per heavy atom. The molecule has 0 bridgehead atoms. The molecule has 5 rings (SSSR count). The number of methoxy groups -OCH3 is 1. The molecule has 0 aliphatic heterocycles. The van der Waals surface area contributed by atoms with E-state index in [0.717, 1.165) is 51.9 Å². The van der Waals surface area contributed by atoms with E-state index in [1.54, 1.807) is 30.2 Å². The minimum atomic E-state index is 0.185. The molecule has 2 heterocycles. The standard InChI is InChI=1S/C27H26N2O2S2/c1-31-23-5-3-4-20(14-23)27-21(13-19-6-9-24(32-2)15-25(19)28-27)16-29(22-7-8-22)26(30)12-18-10-11-33-17-18/h3-6,9-11,13-15,17,22H,7-8,12,16H2,1-2H3. The SMILES string of the molecule is COc1cccc(-c2nc3cc(SC)ccc3cc2CN(C(=O)Cc2ccsc2)C2CC2)c1. The Kier molecular flexibility index (Phi) is 6.38. The van der Waals surface area contributed by atoms with Gasteiger partial charge >= 0.3 is 0 Å². The molecule has 168 valence electrons. The minimum absolute atomic E-state index is 0.185. The van der Waals surface area contributed by atoms with Crippen molar-refractivity contribution >= 4 is 39.9 Å². The largest absolute Gasteiger partial charge is 0.497 e. The van der Waals surface area contributed by atoms with E-state index in [1.165, 1.54) is 4.90 Å². The monoisotopic (exact) mass is 474 g/mol. The number of fused-ring (bicyclic) bond motifs is 1. The number of pyridine rings is 1. The summed E-state index contributed by atoms with van der Waals surface area (Å²) in [5.41, 5.74) is 5.03. The predicted octanol–water partition coefficient (Wildman–Crippen LogP) is 6.43.